The van der Waals surface area contributed by atoms with E-state index in [1.54, 1.807) is 13.8 Å². The summed E-state index contributed by atoms with van der Waals surface area (Å²) in [5.41, 5.74) is -1.14. The van der Waals surface area contributed by atoms with Gasteiger partial charge in [-0.3, -0.25) is 0 Å². The molecule has 0 saturated carbocycles. The molecule has 3 heteroatoms. The standard InChI is InChI=1S/C7H15BFN/c1-6(4-8)10-5-7(2,3)9/h6,10H,4-5H2,1-3H3. The van der Waals surface area contributed by atoms with Crippen molar-refractivity contribution in [1.82, 2.24) is 5.32 Å². The van der Waals surface area contributed by atoms with Crippen LogP contribution in [0.25, 0.3) is 0 Å². The topological polar surface area (TPSA) is 12.0 Å². The Morgan fingerprint density at radius 3 is 2.40 bits per heavy atom. The molecule has 0 fully saturated rings. The van der Waals surface area contributed by atoms with Gasteiger partial charge in [-0.2, -0.15) is 0 Å². The van der Waals surface area contributed by atoms with Crippen LogP contribution in [0.1, 0.15) is 20.8 Å². The van der Waals surface area contributed by atoms with E-state index in [9.17, 15) is 4.39 Å². The van der Waals surface area contributed by atoms with E-state index in [0.29, 0.717) is 12.9 Å². The number of alkyl halides is 1. The lowest BCUT2D eigenvalue weighted by Crippen LogP contribution is -2.36. The van der Waals surface area contributed by atoms with Gasteiger partial charge in [0.2, 0.25) is 0 Å². The number of hydrogen-bond acceptors (Lipinski definition) is 1. The van der Waals surface area contributed by atoms with Crippen LogP contribution in [-0.4, -0.2) is 26.1 Å². The molecule has 1 unspecified atom stereocenters. The van der Waals surface area contributed by atoms with Gasteiger partial charge in [-0.05, 0) is 19.9 Å². The van der Waals surface area contributed by atoms with E-state index in [0.717, 1.165) is 0 Å². The lowest BCUT2D eigenvalue weighted by atomic mass is 9.98. The first-order valence-electron chi connectivity index (χ1n) is 3.58. The molecule has 0 heterocycles. The highest BCUT2D eigenvalue weighted by Gasteiger charge is 2.14. The first kappa shape index (κ1) is 9.95. The van der Waals surface area contributed by atoms with Crippen molar-refractivity contribution in [2.24, 2.45) is 0 Å². The summed E-state index contributed by atoms with van der Waals surface area (Å²) in [5, 5.41) is 2.97. The Morgan fingerprint density at radius 1 is 1.60 bits per heavy atom. The molecular formula is C7H15BFN. The third-order valence-electron chi connectivity index (χ3n) is 1.22. The molecule has 0 spiro atoms. The van der Waals surface area contributed by atoms with E-state index in [1.807, 2.05) is 6.92 Å². The number of rotatable bonds is 4. The van der Waals surface area contributed by atoms with Crippen LogP contribution in [0.3, 0.4) is 0 Å². The van der Waals surface area contributed by atoms with Crippen LogP contribution < -0.4 is 5.32 Å². The van der Waals surface area contributed by atoms with Crippen LogP contribution in [0.15, 0.2) is 0 Å². The Labute approximate surface area is 63.8 Å². The second-order valence-corrected chi connectivity index (χ2v) is 3.24. The maximum absolute atomic E-state index is 12.8. The molecule has 1 atom stereocenters. The average molecular weight is 143 g/mol. The van der Waals surface area contributed by atoms with E-state index in [-0.39, 0.29) is 6.04 Å². The maximum atomic E-state index is 12.8. The van der Waals surface area contributed by atoms with Gasteiger partial charge in [0.1, 0.15) is 5.67 Å². The van der Waals surface area contributed by atoms with Gasteiger partial charge in [0.15, 0.2) is 0 Å². The zero-order chi connectivity index (χ0) is 8.20. The van der Waals surface area contributed by atoms with Crippen molar-refractivity contribution in [2.75, 3.05) is 6.54 Å². The predicted molar refractivity (Wildman–Crippen MR) is 43.2 cm³/mol. The van der Waals surface area contributed by atoms with Gasteiger partial charge in [0, 0.05) is 6.54 Å². The summed E-state index contributed by atoms with van der Waals surface area (Å²) in [6.07, 6.45) is 0.552. The second-order valence-electron chi connectivity index (χ2n) is 3.24. The summed E-state index contributed by atoms with van der Waals surface area (Å²) in [6, 6.07) is 0.204. The van der Waals surface area contributed by atoms with Crippen LogP contribution in [0, 0.1) is 0 Å². The molecule has 2 radical (unpaired) electrons. The summed E-state index contributed by atoms with van der Waals surface area (Å²) in [6.45, 7) is 5.39. The van der Waals surface area contributed by atoms with E-state index in [1.165, 1.54) is 0 Å². The normalized spacial score (nSPS) is 15.2. The van der Waals surface area contributed by atoms with Gasteiger partial charge in [0.05, 0.1) is 7.85 Å². The minimum Gasteiger partial charge on any atom is -0.312 e. The van der Waals surface area contributed by atoms with Gasteiger partial charge in [-0.25, -0.2) is 4.39 Å². The third-order valence-corrected chi connectivity index (χ3v) is 1.22. The van der Waals surface area contributed by atoms with Gasteiger partial charge in [-0.1, -0.05) is 13.2 Å². The fraction of sp³-hybridized carbons (Fsp3) is 1.00. The Kier molecular flexibility index (Phi) is 3.95. The third kappa shape index (κ3) is 6.08. The number of nitrogens with one attached hydrogen (secondary N) is 1. The molecule has 0 aromatic carbocycles. The summed E-state index contributed by atoms with van der Waals surface area (Å²) >= 11 is 0. The van der Waals surface area contributed by atoms with Crippen LogP contribution >= 0.6 is 0 Å². The van der Waals surface area contributed by atoms with Crippen LogP contribution in [-0.2, 0) is 0 Å². The minimum absolute atomic E-state index is 0.204. The van der Waals surface area contributed by atoms with E-state index in [4.69, 9.17) is 7.85 Å². The molecule has 0 aromatic rings. The number of halogens is 1. The van der Waals surface area contributed by atoms with Crippen molar-refractivity contribution >= 4 is 7.85 Å². The Bertz CT molecular complexity index is 90.1. The summed E-state index contributed by atoms with van der Waals surface area (Å²) in [7, 11) is 5.32. The van der Waals surface area contributed by atoms with Gasteiger partial charge >= 0.3 is 0 Å². The highest BCUT2D eigenvalue weighted by Crippen LogP contribution is 2.05. The zero-order valence-electron chi connectivity index (χ0n) is 6.95. The second kappa shape index (κ2) is 3.96. The largest absolute Gasteiger partial charge is 0.312 e. The van der Waals surface area contributed by atoms with Crippen LogP contribution in [0.5, 0.6) is 0 Å². The number of hydrogen-bond donors (Lipinski definition) is 1. The molecule has 0 aromatic heterocycles. The predicted octanol–water partition coefficient (Wildman–Crippen LogP) is 1.30. The molecule has 0 saturated heterocycles. The smallest absolute Gasteiger partial charge is 0.117 e. The van der Waals surface area contributed by atoms with E-state index >= 15 is 0 Å². The van der Waals surface area contributed by atoms with Crippen molar-refractivity contribution in [3.63, 3.8) is 0 Å². The summed E-state index contributed by atoms with van der Waals surface area (Å²) < 4.78 is 12.8. The monoisotopic (exact) mass is 143 g/mol. The Balaban J connectivity index is 3.36. The fourth-order valence-corrected chi connectivity index (χ4v) is 0.500. The van der Waals surface area contributed by atoms with Gasteiger partial charge in [-0.15, -0.1) is 0 Å². The van der Waals surface area contributed by atoms with Crippen molar-refractivity contribution < 1.29 is 4.39 Å². The van der Waals surface area contributed by atoms with Gasteiger partial charge < -0.3 is 5.32 Å². The van der Waals surface area contributed by atoms with Crippen LogP contribution in [0.2, 0.25) is 6.32 Å². The van der Waals surface area contributed by atoms with Crippen molar-refractivity contribution in [3.05, 3.63) is 0 Å². The Morgan fingerprint density at radius 2 is 2.10 bits per heavy atom. The molecular weight excluding hydrogens is 128 g/mol. The van der Waals surface area contributed by atoms with Crippen molar-refractivity contribution in [2.45, 2.75) is 38.8 Å². The highest BCUT2D eigenvalue weighted by molar-refractivity contribution is 6.08. The first-order chi connectivity index (χ1) is 4.45. The fourth-order valence-electron chi connectivity index (χ4n) is 0.500. The zero-order valence-corrected chi connectivity index (χ0v) is 6.95. The lowest BCUT2D eigenvalue weighted by Gasteiger charge is -2.18. The van der Waals surface area contributed by atoms with E-state index in [2.05, 4.69) is 5.32 Å². The molecule has 0 rings (SSSR count). The molecule has 0 aliphatic rings. The molecule has 1 nitrogen and oxygen atoms in total. The molecule has 0 aliphatic heterocycles. The first-order valence-corrected chi connectivity index (χ1v) is 3.58. The molecule has 1 N–H and O–H groups in total. The van der Waals surface area contributed by atoms with Crippen molar-refractivity contribution in [1.29, 1.82) is 0 Å². The maximum Gasteiger partial charge on any atom is 0.117 e. The molecule has 10 heavy (non-hydrogen) atoms. The van der Waals surface area contributed by atoms with Crippen molar-refractivity contribution in [3.8, 4) is 0 Å². The summed E-state index contributed by atoms with van der Waals surface area (Å²) in [5.74, 6) is 0. The van der Waals surface area contributed by atoms with Gasteiger partial charge in [0.25, 0.3) is 0 Å². The molecule has 58 valence electrons. The highest BCUT2D eigenvalue weighted by atomic mass is 19.1. The molecule has 0 aliphatic carbocycles. The van der Waals surface area contributed by atoms with Crippen LogP contribution in [0.4, 0.5) is 4.39 Å². The quantitative estimate of drug-likeness (QED) is 0.585. The Hall–Kier alpha value is -0.0451. The molecule has 0 bridgehead atoms. The average Bonchev–Trinajstić information content (AvgIpc) is 1.81. The summed E-state index contributed by atoms with van der Waals surface area (Å²) in [4.78, 5) is 0. The molecule has 0 amide bonds. The lowest BCUT2D eigenvalue weighted by molar-refractivity contribution is 0.205. The SMILES string of the molecule is [B]CC(C)NCC(C)(C)F. The van der Waals surface area contributed by atoms with E-state index < -0.39 is 5.67 Å². The minimum atomic E-state index is -1.14.